The van der Waals surface area contributed by atoms with E-state index in [0.29, 0.717) is 5.65 Å². The first-order valence-corrected chi connectivity index (χ1v) is 6.44. The van der Waals surface area contributed by atoms with Crippen molar-refractivity contribution in [1.82, 2.24) is 25.0 Å². The molecule has 3 aromatic heterocycles. The van der Waals surface area contributed by atoms with Gasteiger partial charge in [-0.3, -0.25) is 4.98 Å². The van der Waals surface area contributed by atoms with E-state index in [0.717, 1.165) is 16.1 Å². The number of thiophene rings is 1. The van der Waals surface area contributed by atoms with Crippen molar-refractivity contribution in [2.45, 2.75) is 6.54 Å². The molecule has 86 valence electrons. The smallest absolute Gasteiger partial charge is 0.199 e. The van der Waals surface area contributed by atoms with E-state index in [1.807, 2.05) is 6.07 Å². The molecule has 0 bridgehead atoms. The highest BCUT2D eigenvalue weighted by atomic mass is 79.9. The molecule has 0 aliphatic heterocycles. The van der Waals surface area contributed by atoms with Crippen LogP contribution in [0.15, 0.2) is 28.3 Å². The minimum absolute atomic E-state index is 0.627. The first-order valence-electron chi connectivity index (χ1n) is 4.83. The standard InChI is InChI=1S/C9H7BrN6S/c10-7-2-1-6(17-7)3-12-8-4-11-5-9-13-14-15-16(8)9/h1-2,4-5,12H,3H2. The number of fused-ring (bicyclic) bond motifs is 1. The van der Waals surface area contributed by atoms with Crippen LogP contribution < -0.4 is 5.32 Å². The molecule has 0 aliphatic carbocycles. The van der Waals surface area contributed by atoms with Crippen molar-refractivity contribution in [2.24, 2.45) is 0 Å². The molecular formula is C9H7BrN6S. The van der Waals surface area contributed by atoms with Gasteiger partial charge in [-0.25, -0.2) is 0 Å². The number of nitrogens with one attached hydrogen (secondary N) is 1. The fraction of sp³-hybridized carbons (Fsp3) is 0.111. The molecule has 0 aliphatic rings. The molecule has 0 spiro atoms. The summed E-state index contributed by atoms with van der Waals surface area (Å²) >= 11 is 5.12. The second-order valence-electron chi connectivity index (χ2n) is 3.30. The van der Waals surface area contributed by atoms with Crippen LogP contribution in [0.1, 0.15) is 4.88 Å². The summed E-state index contributed by atoms with van der Waals surface area (Å²) in [4.78, 5) is 5.29. The van der Waals surface area contributed by atoms with Crippen LogP contribution in [0.3, 0.4) is 0 Å². The molecule has 0 fully saturated rings. The van der Waals surface area contributed by atoms with Gasteiger partial charge in [0.2, 0.25) is 0 Å². The molecule has 0 atom stereocenters. The average Bonchev–Trinajstić information content (AvgIpc) is 2.94. The molecule has 0 saturated carbocycles. The van der Waals surface area contributed by atoms with Gasteiger partial charge >= 0.3 is 0 Å². The van der Waals surface area contributed by atoms with Gasteiger partial charge in [0.05, 0.1) is 22.7 Å². The van der Waals surface area contributed by atoms with Crippen molar-refractivity contribution in [3.8, 4) is 0 Å². The Morgan fingerprint density at radius 3 is 3.12 bits per heavy atom. The van der Waals surface area contributed by atoms with Crippen molar-refractivity contribution < 1.29 is 0 Å². The summed E-state index contributed by atoms with van der Waals surface area (Å²) in [6.07, 6.45) is 3.32. The van der Waals surface area contributed by atoms with Crippen molar-refractivity contribution in [3.05, 3.63) is 33.2 Å². The summed E-state index contributed by atoms with van der Waals surface area (Å²) in [5.74, 6) is 0.775. The van der Waals surface area contributed by atoms with E-state index in [9.17, 15) is 0 Å². The van der Waals surface area contributed by atoms with E-state index in [1.54, 1.807) is 28.2 Å². The van der Waals surface area contributed by atoms with Gasteiger partial charge < -0.3 is 5.32 Å². The number of anilines is 1. The van der Waals surface area contributed by atoms with Gasteiger partial charge in [-0.15, -0.1) is 16.4 Å². The Labute approximate surface area is 109 Å². The number of hydrogen-bond acceptors (Lipinski definition) is 6. The monoisotopic (exact) mass is 310 g/mol. The van der Waals surface area contributed by atoms with Crippen LogP contribution in [-0.4, -0.2) is 25.0 Å². The van der Waals surface area contributed by atoms with Crippen LogP contribution in [0.5, 0.6) is 0 Å². The second kappa shape index (κ2) is 4.38. The SMILES string of the molecule is Brc1ccc(CNc2cncc3nnnn23)s1. The largest absolute Gasteiger partial charge is 0.364 e. The Kier molecular flexibility index (Phi) is 2.73. The zero-order valence-corrected chi connectivity index (χ0v) is 10.9. The van der Waals surface area contributed by atoms with E-state index in [-0.39, 0.29) is 0 Å². The zero-order valence-electron chi connectivity index (χ0n) is 8.54. The van der Waals surface area contributed by atoms with Gasteiger partial charge in [0.1, 0.15) is 0 Å². The molecule has 0 amide bonds. The lowest BCUT2D eigenvalue weighted by atomic mass is 10.4. The number of nitrogens with zero attached hydrogens (tertiary/aromatic N) is 5. The van der Waals surface area contributed by atoms with Gasteiger partial charge in [-0.1, -0.05) is 0 Å². The number of aromatic nitrogens is 5. The predicted molar refractivity (Wildman–Crippen MR) is 67.9 cm³/mol. The zero-order chi connectivity index (χ0) is 11.7. The molecular weight excluding hydrogens is 304 g/mol. The normalized spacial score (nSPS) is 10.9. The highest BCUT2D eigenvalue weighted by molar-refractivity contribution is 9.11. The predicted octanol–water partition coefficient (Wildman–Crippen LogP) is 1.96. The van der Waals surface area contributed by atoms with Gasteiger partial charge in [-0.05, 0) is 38.5 Å². The topological polar surface area (TPSA) is 68.0 Å². The summed E-state index contributed by atoms with van der Waals surface area (Å²) in [6, 6.07) is 4.09. The molecule has 0 aromatic carbocycles. The third kappa shape index (κ3) is 2.13. The molecule has 17 heavy (non-hydrogen) atoms. The third-order valence-corrected chi connectivity index (χ3v) is 3.80. The van der Waals surface area contributed by atoms with Crippen LogP contribution in [0.25, 0.3) is 5.65 Å². The lowest BCUT2D eigenvalue weighted by Gasteiger charge is -2.04. The number of rotatable bonds is 3. The molecule has 0 saturated heterocycles. The highest BCUT2D eigenvalue weighted by Crippen LogP contribution is 2.22. The highest BCUT2D eigenvalue weighted by Gasteiger charge is 2.04. The van der Waals surface area contributed by atoms with Crippen molar-refractivity contribution in [2.75, 3.05) is 5.32 Å². The van der Waals surface area contributed by atoms with Gasteiger partial charge in [-0.2, -0.15) is 4.52 Å². The molecule has 0 unspecified atom stereocenters. The number of tetrazole rings is 1. The van der Waals surface area contributed by atoms with Crippen LogP contribution in [0.4, 0.5) is 5.82 Å². The minimum atomic E-state index is 0.627. The molecule has 3 heterocycles. The van der Waals surface area contributed by atoms with Gasteiger partial charge in [0.25, 0.3) is 0 Å². The summed E-state index contributed by atoms with van der Waals surface area (Å²) in [7, 11) is 0. The summed E-state index contributed by atoms with van der Waals surface area (Å²) in [5, 5.41) is 14.6. The molecule has 6 nitrogen and oxygen atoms in total. The first kappa shape index (κ1) is 10.6. The minimum Gasteiger partial charge on any atom is -0.364 e. The summed E-state index contributed by atoms with van der Waals surface area (Å²) < 4.78 is 2.74. The average molecular weight is 311 g/mol. The van der Waals surface area contributed by atoms with Crippen LogP contribution >= 0.6 is 27.3 Å². The Morgan fingerprint density at radius 1 is 1.35 bits per heavy atom. The molecule has 3 rings (SSSR count). The molecule has 3 aromatic rings. The maximum absolute atomic E-state index is 4.07. The summed E-state index contributed by atoms with van der Waals surface area (Å²) in [5.41, 5.74) is 0.627. The molecule has 8 heteroatoms. The quantitative estimate of drug-likeness (QED) is 0.801. The van der Waals surface area contributed by atoms with Crippen LogP contribution in [-0.2, 0) is 6.54 Å². The fourth-order valence-electron chi connectivity index (χ4n) is 1.42. The van der Waals surface area contributed by atoms with E-state index in [4.69, 9.17) is 0 Å². The van der Waals surface area contributed by atoms with E-state index in [1.165, 1.54) is 4.88 Å². The summed E-state index contributed by atoms with van der Waals surface area (Å²) in [6.45, 7) is 0.719. The van der Waals surface area contributed by atoms with Gasteiger partial charge in [0.15, 0.2) is 11.5 Å². The maximum Gasteiger partial charge on any atom is 0.199 e. The van der Waals surface area contributed by atoms with Crippen molar-refractivity contribution >= 4 is 38.7 Å². The second-order valence-corrected chi connectivity index (χ2v) is 5.85. The van der Waals surface area contributed by atoms with Crippen molar-refractivity contribution in [1.29, 1.82) is 0 Å². The number of halogens is 1. The first-order chi connectivity index (χ1) is 8.33. The Bertz CT molecular complexity index is 648. The number of hydrogen-bond donors (Lipinski definition) is 1. The lowest BCUT2D eigenvalue weighted by Crippen LogP contribution is -2.04. The van der Waals surface area contributed by atoms with Crippen LogP contribution in [0, 0.1) is 0 Å². The molecule has 0 radical (unpaired) electrons. The maximum atomic E-state index is 4.07. The van der Waals surface area contributed by atoms with E-state index < -0.39 is 0 Å². The van der Waals surface area contributed by atoms with E-state index >= 15 is 0 Å². The fourth-order valence-corrected chi connectivity index (χ4v) is 2.84. The third-order valence-electron chi connectivity index (χ3n) is 2.18. The van der Waals surface area contributed by atoms with Crippen molar-refractivity contribution in [3.63, 3.8) is 0 Å². The van der Waals surface area contributed by atoms with E-state index in [2.05, 4.69) is 47.8 Å². The van der Waals surface area contributed by atoms with Gasteiger partial charge in [0, 0.05) is 4.88 Å². The Morgan fingerprint density at radius 2 is 2.29 bits per heavy atom. The lowest BCUT2D eigenvalue weighted by molar-refractivity contribution is 0.820. The van der Waals surface area contributed by atoms with Crippen LogP contribution in [0.2, 0.25) is 0 Å². The Balaban J connectivity index is 1.83. The molecule has 1 N–H and O–H groups in total. The Hall–Kier alpha value is -1.54.